The average molecular weight is 276 g/mol. The maximum absolute atomic E-state index is 5.95. The molecule has 0 aliphatic heterocycles. The number of imidazole rings is 1. The zero-order valence-corrected chi connectivity index (χ0v) is 10.9. The number of rotatable bonds is 2. The molecule has 5 heteroatoms. The molecule has 0 aliphatic rings. The number of benzene rings is 2. The average Bonchev–Trinajstić information content (AvgIpc) is 2.70. The summed E-state index contributed by atoms with van der Waals surface area (Å²) in [6.45, 7) is 0. The molecular weight excluding hydrogens is 266 g/mol. The summed E-state index contributed by atoms with van der Waals surface area (Å²) in [5.41, 5.74) is 8.32. The summed E-state index contributed by atoms with van der Waals surface area (Å²) in [6, 6.07) is 13.3. The number of nitrogens with two attached hydrogens (primary N) is 1. The third-order valence-electron chi connectivity index (χ3n) is 2.49. The molecule has 0 fully saturated rings. The number of aromatic nitrogens is 2. The Morgan fingerprint density at radius 1 is 1.17 bits per heavy atom. The van der Waals surface area contributed by atoms with Crippen molar-refractivity contribution in [2.75, 3.05) is 5.73 Å². The van der Waals surface area contributed by atoms with Crippen molar-refractivity contribution in [3.63, 3.8) is 0 Å². The summed E-state index contributed by atoms with van der Waals surface area (Å²) in [4.78, 5) is 8.77. The Balaban J connectivity index is 1.95. The number of halogens is 1. The van der Waals surface area contributed by atoms with E-state index in [1.165, 1.54) is 0 Å². The Morgan fingerprint density at radius 2 is 2.06 bits per heavy atom. The number of hydrogen-bond donors (Lipinski definition) is 2. The van der Waals surface area contributed by atoms with Crippen LogP contribution in [-0.2, 0) is 0 Å². The third-order valence-corrected chi connectivity index (χ3v) is 3.61. The van der Waals surface area contributed by atoms with Gasteiger partial charge in [0, 0.05) is 15.6 Å². The van der Waals surface area contributed by atoms with Crippen LogP contribution < -0.4 is 5.73 Å². The number of H-pyrrole nitrogens is 1. The van der Waals surface area contributed by atoms with Gasteiger partial charge in [-0.25, -0.2) is 4.98 Å². The first kappa shape index (κ1) is 11.4. The van der Waals surface area contributed by atoms with Crippen LogP contribution in [0.4, 0.5) is 5.69 Å². The van der Waals surface area contributed by atoms with Gasteiger partial charge in [-0.05, 0) is 36.4 Å². The second kappa shape index (κ2) is 4.55. The van der Waals surface area contributed by atoms with Gasteiger partial charge in [-0.3, -0.25) is 0 Å². The molecular formula is C13H10ClN3S. The van der Waals surface area contributed by atoms with E-state index >= 15 is 0 Å². The van der Waals surface area contributed by atoms with Gasteiger partial charge < -0.3 is 10.7 Å². The standard InChI is InChI=1S/C13H10ClN3S/c14-8-2-1-3-10(6-8)18-13-16-11-5-4-9(15)7-12(11)17-13/h1-7H,15H2,(H,16,17). The lowest BCUT2D eigenvalue weighted by Gasteiger charge is -1.97. The van der Waals surface area contributed by atoms with Crippen LogP contribution in [0.2, 0.25) is 5.02 Å². The number of nitrogen functional groups attached to an aromatic ring is 1. The summed E-state index contributed by atoms with van der Waals surface area (Å²) < 4.78 is 0. The van der Waals surface area contributed by atoms with Gasteiger partial charge in [0.2, 0.25) is 0 Å². The van der Waals surface area contributed by atoms with E-state index in [1.807, 2.05) is 42.5 Å². The number of hydrogen-bond acceptors (Lipinski definition) is 3. The van der Waals surface area contributed by atoms with Crippen molar-refractivity contribution in [2.45, 2.75) is 10.1 Å². The van der Waals surface area contributed by atoms with Gasteiger partial charge in [0.05, 0.1) is 11.0 Å². The molecule has 3 N–H and O–H groups in total. The van der Waals surface area contributed by atoms with Crippen LogP contribution >= 0.6 is 23.4 Å². The molecule has 0 saturated carbocycles. The zero-order chi connectivity index (χ0) is 12.5. The van der Waals surface area contributed by atoms with Crippen molar-refractivity contribution in [2.24, 2.45) is 0 Å². The lowest BCUT2D eigenvalue weighted by atomic mass is 10.3. The second-order valence-corrected chi connectivity index (χ2v) is 5.38. The molecule has 0 radical (unpaired) electrons. The summed E-state index contributed by atoms with van der Waals surface area (Å²) in [6.07, 6.45) is 0. The fourth-order valence-electron chi connectivity index (χ4n) is 1.69. The van der Waals surface area contributed by atoms with Gasteiger partial charge in [-0.1, -0.05) is 29.4 Å². The number of aromatic amines is 1. The zero-order valence-electron chi connectivity index (χ0n) is 9.35. The summed E-state index contributed by atoms with van der Waals surface area (Å²) in [7, 11) is 0. The first-order chi connectivity index (χ1) is 8.70. The Hall–Kier alpha value is -1.65. The Morgan fingerprint density at radius 3 is 2.89 bits per heavy atom. The number of nitrogens with zero attached hydrogens (tertiary/aromatic N) is 1. The number of nitrogens with one attached hydrogen (secondary N) is 1. The highest BCUT2D eigenvalue weighted by Crippen LogP contribution is 2.29. The van der Waals surface area contributed by atoms with Gasteiger partial charge in [-0.2, -0.15) is 0 Å². The summed E-state index contributed by atoms with van der Waals surface area (Å²) in [5, 5.41) is 1.55. The van der Waals surface area contributed by atoms with Gasteiger partial charge in [-0.15, -0.1) is 0 Å². The smallest absolute Gasteiger partial charge is 0.171 e. The van der Waals surface area contributed by atoms with Crippen LogP contribution in [0.15, 0.2) is 52.5 Å². The molecule has 0 bridgehead atoms. The van der Waals surface area contributed by atoms with Gasteiger partial charge in [0.15, 0.2) is 5.16 Å². The lowest BCUT2D eigenvalue weighted by molar-refractivity contribution is 1.08. The van der Waals surface area contributed by atoms with Crippen LogP contribution in [0, 0.1) is 0 Å². The quantitative estimate of drug-likeness (QED) is 0.696. The molecule has 0 aliphatic carbocycles. The minimum absolute atomic E-state index is 0.723. The molecule has 0 unspecified atom stereocenters. The van der Waals surface area contributed by atoms with E-state index in [-0.39, 0.29) is 0 Å². The molecule has 0 atom stereocenters. The lowest BCUT2D eigenvalue weighted by Crippen LogP contribution is -1.82. The highest BCUT2D eigenvalue weighted by Gasteiger charge is 2.05. The van der Waals surface area contributed by atoms with Crippen molar-refractivity contribution in [1.82, 2.24) is 9.97 Å². The van der Waals surface area contributed by atoms with E-state index in [0.29, 0.717) is 0 Å². The van der Waals surface area contributed by atoms with Crippen molar-refractivity contribution in [3.05, 3.63) is 47.5 Å². The van der Waals surface area contributed by atoms with E-state index in [1.54, 1.807) is 11.8 Å². The van der Waals surface area contributed by atoms with E-state index in [2.05, 4.69) is 9.97 Å². The van der Waals surface area contributed by atoms with E-state index in [0.717, 1.165) is 31.8 Å². The van der Waals surface area contributed by atoms with E-state index in [9.17, 15) is 0 Å². The molecule has 18 heavy (non-hydrogen) atoms. The molecule has 3 rings (SSSR count). The first-order valence-corrected chi connectivity index (χ1v) is 6.59. The molecule has 90 valence electrons. The predicted molar refractivity (Wildman–Crippen MR) is 76.1 cm³/mol. The predicted octanol–water partition coefficient (Wildman–Crippen LogP) is 3.95. The topological polar surface area (TPSA) is 54.7 Å². The molecule has 1 aromatic heterocycles. The van der Waals surface area contributed by atoms with Crippen LogP contribution in [0.25, 0.3) is 11.0 Å². The normalized spacial score (nSPS) is 10.9. The second-order valence-electron chi connectivity index (χ2n) is 3.88. The van der Waals surface area contributed by atoms with Crippen molar-refractivity contribution < 1.29 is 0 Å². The minimum atomic E-state index is 0.723. The van der Waals surface area contributed by atoms with Crippen LogP contribution in [0.3, 0.4) is 0 Å². The first-order valence-electron chi connectivity index (χ1n) is 5.39. The fraction of sp³-hybridized carbons (Fsp3) is 0. The molecule has 1 heterocycles. The van der Waals surface area contributed by atoms with Gasteiger partial charge >= 0.3 is 0 Å². The highest BCUT2D eigenvalue weighted by atomic mass is 35.5. The van der Waals surface area contributed by atoms with Gasteiger partial charge in [0.25, 0.3) is 0 Å². The van der Waals surface area contributed by atoms with Crippen molar-refractivity contribution >= 4 is 40.1 Å². The largest absolute Gasteiger partial charge is 0.399 e. The summed E-state index contributed by atoms with van der Waals surface area (Å²) >= 11 is 7.49. The molecule has 3 aromatic rings. The van der Waals surface area contributed by atoms with Crippen LogP contribution in [-0.4, -0.2) is 9.97 Å². The Labute approximate surface area is 113 Å². The minimum Gasteiger partial charge on any atom is -0.399 e. The number of anilines is 1. The fourth-order valence-corrected chi connectivity index (χ4v) is 2.81. The van der Waals surface area contributed by atoms with E-state index in [4.69, 9.17) is 17.3 Å². The molecule has 0 amide bonds. The molecule has 0 spiro atoms. The number of fused-ring (bicyclic) bond motifs is 1. The molecule has 0 saturated heterocycles. The van der Waals surface area contributed by atoms with Crippen molar-refractivity contribution in [3.8, 4) is 0 Å². The maximum Gasteiger partial charge on any atom is 0.171 e. The van der Waals surface area contributed by atoms with E-state index < -0.39 is 0 Å². The monoisotopic (exact) mass is 275 g/mol. The SMILES string of the molecule is Nc1ccc2nc(Sc3cccc(Cl)c3)[nH]c2c1. The van der Waals surface area contributed by atoms with Crippen LogP contribution in [0.5, 0.6) is 0 Å². The van der Waals surface area contributed by atoms with Crippen molar-refractivity contribution in [1.29, 1.82) is 0 Å². The maximum atomic E-state index is 5.95. The highest BCUT2D eigenvalue weighted by molar-refractivity contribution is 7.99. The van der Waals surface area contributed by atoms with Crippen LogP contribution in [0.1, 0.15) is 0 Å². The Bertz CT molecular complexity index is 708. The molecule has 3 nitrogen and oxygen atoms in total. The third kappa shape index (κ3) is 2.30. The van der Waals surface area contributed by atoms with Gasteiger partial charge in [0.1, 0.15) is 0 Å². The Kier molecular flexibility index (Phi) is 2.89. The molecule has 2 aromatic carbocycles. The summed E-state index contributed by atoms with van der Waals surface area (Å²) in [5.74, 6) is 0.